The molecule has 0 unspecified atom stereocenters. The summed E-state index contributed by atoms with van der Waals surface area (Å²) < 4.78 is 6.58. The van der Waals surface area contributed by atoms with Crippen LogP contribution >= 0.6 is 15.9 Å². The highest BCUT2D eigenvalue weighted by atomic mass is 79.9. The molecule has 4 rings (SSSR count). The smallest absolute Gasteiger partial charge is 0.258 e. The van der Waals surface area contributed by atoms with E-state index in [1.54, 1.807) is 4.90 Å². The Kier molecular flexibility index (Phi) is 5.08. The number of halogens is 1. The van der Waals surface area contributed by atoms with Gasteiger partial charge in [0.05, 0.1) is 11.6 Å². The number of nitrogens with zero attached hydrogens (tertiary/aromatic N) is 1. The number of benzene rings is 1. The van der Waals surface area contributed by atoms with Crippen molar-refractivity contribution >= 4 is 27.9 Å². The second-order valence-electron chi connectivity index (χ2n) is 9.28. The van der Waals surface area contributed by atoms with E-state index >= 15 is 0 Å². The lowest BCUT2D eigenvalue weighted by atomic mass is 9.85. The summed E-state index contributed by atoms with van der Waals surface area (Å²) in [5.74, 6) is 1.53. The number of β-lactam (4-membered cyclic amide) rings is 1. The summed E-state index contributed by atoms with van der Waals surface area (Å²) >= 11 is 3.89. The Balaban J connectivity index is 1.52. The number of amides is 1. The minimum Gasteiger partial charge on any atom is -0.358 e. The Hall–Kier alpha value is -1.39. The zero-order chi connectivity index (χ0) is 20.1. The molecule has 6 atom stereocenters. The Morgan fingerprint density at radius 3 is 2.57 bits per heavy atom. The van der Waals surface area contributed by atoms with Crippen molar-refractivity contribution < 1.29 is 9.53 Å². The molecule has 28 heavy (non-hydrogen) atoms. The minimum atomic E-state index is -0.417. The van der Waals surface area contributed by atoms with Crippen molar-refractivity contribution in [2.24, 2.45) is 17.3 Å². The van der Waals surface area contributed by atoms with Gasteiger partial charge in [-0.1, -0.05) is 78.3 Å². The molecule has 1 aromatic rings. The third-order valence-corrected chi connectivity index (χ3v) is 8.50. The molecule has 2 aliphatic carbocycles. The predicted molar refractivity (Wildman–Crippen MR) is 117 cm³/mol. The number of carbonyl (C=O) groups is 1. The zero-order valence-electron chi connectivity index (χ0n) is 17.1. The van der Waals surface area contributed by atoms with Gasteiger partial charge >= 0.3 is 0 Å². The molecule has 4 heteroatoms. The monoisotopic (exact) mass is 443 g/mol. The molecule has 1 aromatic carbocycles. The van der Waals surface area contributed by atoms with Crippen LogP contribution in [0.15, 0.2) is 48.7 Å². The Labute approximate surface area is 177 Å². The Morgan fingerprint density at radius 2 is 1.89 bits per heavy atom. The first-order valence-electron chi connectivity index (χ1n) is 10.3. The first-order chi connectivity index (χ1) is 13.3. The topological polar surface area (TPSA) is 29.5 Å². The van der Waals surface area contributed by atoms with Crippen LogP contribution in [0.1, 0.15) is 46.1 Å². The molecule has 0 bridgehead atoms. The number of hydrogen-bond donors (Lipinski definition) is 0. The van der Waals surface area contributed by atoms with Crippen molar-refractivity contribution in [2.75, 3.05) is 0 Å². The molecule has 3 fully saturated rings. The summed E-state index contributed by atoms with van der Waals surface area (Å²) in [4.78, 5) is 14.9. The van der Waals surface area contributed by atoms with Gasteiger partial charge in [-0.3, -0.25) is 4.79 Å². The van der Waals surface area contributed by atoms with E-state index in [-0.39, 0.29) is 22.4 Å². The number of fused-ring (bicyclic) bond motifs is 1. The van der Waals surface area contributed by atoms with Gasteiger partial charge in [0.15, 0.2) is 6.10 Å². The summed E-state index contributed by atoms with van der Waals surface area (Å²) in [5.41, 5.74) is 1.22. The number of alkyl halides is 1. The van der Waals surface area contributed by atoms with E-state index in [0.29, 0.717) is 11.3 Å². The van der Waals surface area contributed by atoms with Gasteiger partial charge in [-0.25, -0.2) is 0 Å². The second kappa shape index (κ2) is 7.14. The minimum absolute atomic E-state index is 0.0546. The van der Waals surface area contributed by atoms with Crippen molar-refractivity contribution in [2.45, 2.75) is 63.1 Å². The van der Waals surface area contributed by atoms with Crippen LogP contribution in [0.25, 0.3) is 6.08 Å². The van der Waals surface area contributed by atoms with Gasteiger partial charge in [-0.05, 0) is 49.5 Å². The van der Waals surface area contributed by atoms with Gasteiger partial charge in [-0.2, -0.15) is 0 Å². The van der Waals surface area contributed by atoms with Crippen LogP contribution in [-0.2, 0) is 9.53 Å². The van der Waals surface area contributed by atoms with Gasteiger partial charge in [0, 0.05) is 11.0 Å². The van der Waals surface area contributed by atoms with E-state index in [9.17, 15) is 4.79 Å². The third kappa shape index (κ3) is 3.29. The van der Waals surface area contributed by atoms with Crippen LogP contribution < -0.4 is 0 Å². The van der Waals surface area contributed by atoms with Crippen LogP contribution in [0.2, 0.25) is 0 Å². The normalized spacial score (nSPS) is 39.2. The van der Waals surface area contributed by atoms with E-state index in [1.165, 1.54) is 0 Å². The number of likely N-dealkylation sites (tertiary alicyclic amines) is 1. The highest BCUT2D eigenvalue weighted by molar-refractivity contribution is 9.09. The van der Waals surface area contributed by atoms with E-state index in [0.717, 1.165) is 24.3 Å². The van der Waals surface area contributed by atoms with Crippen LogP contribution in [0, 0.1) is 17.3 Å². The van der Waals surface area contributed by atoms with Crippen molar-refractivity contribution in [3.8, 4) is 0 Å². The fraction of sp³-hybridized carbons (Fsp3) is 0.542. The van der Waals surface area contributed by atoms with E-state index in [4.69, 9.17) is 4.74 Å². The first-order valence-corrected chi connectivity index (χ1v) is 11.2. The highest BCUT2D eigenvalue weighted by Crippen LogP contribution is 2.68. The van der Waals surface area contributed by atoms with Crippen molar-refractivity contribution in [3.63, 3.8) is 0 Å². The number of carbonyl (C=O) groups excluding carboxylic acids is 1. The predicted octanol–water partition coefficient (Wildman–Crippen LogP) is 5.42. The Morgan fingerprint density at radius 1 is 1.18 bits per heavy atom. The molecule has 1 amide bonds. The number of rotatable bonds is 5. The maximum absolute atomic E-state index is 12.8. The molecule has 0 radical (unpaired) electrons. The molecular formula is C24H30BrNO2. The van der Waals surface area contributed by atoms with Crippen LogP contribution in [0.3, 0.4) is 0 Å². The van der Waals surface area contributed by atoms with E-state index in [2.05, 4.69) is 61.0 Å². The lowest BCUT2D eigenvalue weighted by Gasteiger charge is -2.49. The molecule has 3 aliphatic rings. The quantitative estimate of drug-likeness (QED) is 0.449. The summed E-state index contributed by atoms with van der Waals surface area (Å²) in [6.45, 7) is 8.84. The molecule has 1 heterocycles. The number of allylic oxidation sites excluding steroid dienone is 1. The zero-order valence-corrected chi connectivity index (χ0v) is 18.7. The molecule has 0 spiro atoms. The fourth-order valence-electron chi connectivity index (χ4n) is 5.10. The van der Waals surface area contributed by atoms with Gasteiger partial charge < -0.3 is 9.64 Å². The van der Waals surface area contributed by atoms with Crippen molar-refractivity contribution in [3.05, 3.63) is 54.2 Å². The van der Waals surface area contributed by atoms with Gasteiger partial charge in [0.25, 0.3) is 5.91 Å². The molecule has 1 aliphatic heterocycles. The van der Waals surface area contributed by atoms with E-state index in [1.807, 2.05) is 37.4 Å². The lowest BCUT2D eigenvalue weighted by Crippen LogP contribution is -2.65. The standard InChI is InChI=1S/C24H30BrNO2/c1-5-13-26-19(12-11-16-9-7-6-8-10-16)21(22(26)27)28-24(4)15-18-17(14-20(24)25)23(18,2)3/h5-13,17-21H,14-15H2,1-4H3/b12-11-,13-5+/t17-,18+,19-,20-,21+,24-/m1/s1. The number of hydrogen-bond acceptors (Lipinski definition) is 2. The molecule has 2 saturated carbocycles. The summed E-state index contributed by atoms with van der Waals surface area (Å²) in [6.07, 6.45) is 9.67. The molecule has 0 aromatic heterocycles. The summed E-state index contributed by atoms with van der Waals surface area (Å²) in [6, 6.07) is 10.1. The molecule has 150 valence electrons. The number of ether oxygens (including phenoxy) is 1. The maximum Gasteiger partial charge on any atom is 0.258 e. The second-order valence-corrected chi connectivity index (χ2v) is 10.4. The van der Waals surface area contributed by atoms with E-state index < -0.39 is 6.10 Å². The largest absolute Gasteiger partial charge is 0.358 e. The SMILES string of the molecule is C/C=C/N1C(=O)[C@@H](O[C@]2(C)C[C@H]3[C@@H](C[C@H]2Br)C3(C)C)[C@H]1/C=C\c1ccccc1. The maximum atomic E-state index is 12.8. The summed E-state index contributed by atoms with van der Waals surface area (Å²) in [5, 5.41) is 0. The molecule has 3 nitrogen and oxygen atoms in total. The van der Waals surface area contributed by atoms with Gasteiger partial charge in [0.2, 0.25) is 0 Å². The average molecular weight is 444 g/mol. The van der Waals surface area contributed by atoms with Crippen LogP contribution in [-0.4, -0.2) is 33.4 Å². The highest BCUT2D eigenvalue weighted by Gasteiger charge is 2.65. The summed E-state index contributed by atoms with van der Waals surface area (Å²) in [7, 11) is 0. The lowest BCUT2D eigenvalue weighted by molar-refractivity contribution is -0.186. The fourth-order valence-corrected chi connectivity index (χ4v) is 5.80. The molecule has 1 saturated heterocycles. The van der Waals surface area contributed by atoms with Crippen LogP contribution in [0.4, 0.5) is 0 Å². The third-order valence-electron chi connectivity index (χ3n) is 7.16. The van der Waals surface area contributed by atoms with Crippen molar-refractivity contribution in [1.82, 2.24) is 4.90 Å². The van der Waals surface area contributed by atoms with Gasteiger partial charge in [0.1, 0.15) is 0 Å². The molecular weight excluding hydrogens is 414 g/mol. The first kappa shape index (κ1) is 19.9. The molecule has 0 N–H and O–H groups in total. The van der Waals surface area contributed by atoms with Gasteiger partial charge in [-0.15, -0.1) is 0 Å². The Bertz CT molecular complexity index is 802. The van der Waals surface area contributed by atoms with Crippen LogP contribution in [0.5, 0.6) is 0 Å². The van der Waals surface area contributed by atoms with Crippen molar-refractivity contribution in [1.29, 1.82) is 0 Å². The average Bonchev–Trinajstić information content (AvgIpc) is 3.19.